The van der Waals surface area contributed by atoms with Gasteiger partial charge in [-0.2, -0.15) is 0 Å². The summed E-state index contributed by atoms with van der Waals surface area (Å²) in [5, 5.41) is 0. The van der Waals surface area contributed by atoms with Crippen LogP contribution in [0.3, 0.4) is 0 Å². The van der Waals surface area contributed by atoms with E-state index in [4.69, 9.17) is 0 Å². The van der Waals surface area contributed by atoms with Crippen molar-refractivity contribution in [1.82, 2.24) is 9.97 Å². The zero-order valence-electron chi connectivity index (χ0n) is 7.97. The molecule has 0 fully saturated rings. The minimum absolute atomic E-state index is 0.146. The molecule has 0 N–H and O–H groups in total. The Bertz CT molecular complexity index is 549. The van der Waals surface area contributed by atoms with Gasteiger partial charge < -0.3 is 0 Å². The number of ketones is 1. The standard InChI is InChI=1S/C12H8N2O/c15-11-5-8-6-13-7-14-12(8)10-4-2-1-3-9(10)11/h1-4,6-7H,5H2. The number of hydrogen-bond acceptors (Lipinski definition) is 3. The Labute approximate surface area is 86.8 Å². The molecule has 0 atom stereocenters. The topological polar surface area (TPSA) is 42.9 Å². The van der Waals surface area contributed by atoms with Crippen LogP contribution in [0, 0.1) is 0 Å². The number of benzene rings is 1. The molecule has 15 heavy (non-hydrogen) atoms. The van der Waals surface area contributed by atoms with E-state index in [1.165, 1.54) is 6.33 Å². The second kappa shape index (κ2) is 2.98. The Balaban J connectivity index is 2.34. The van der Waals surface area contributed by atoms with Crippen LogP contribution < -0.4 is 0 Å². The van der Waals surface area contributed by atoms with Gasteiger partial charge in [-0.25, -0.2) is 9.97 Å². The third kappa shape index (κ3) is 1.16. The highest BCUT2D eigenvalue weighted by molar-refractivity contribution is 6.06. The predicted molar refractivity (Wildman–Crippen MR) is 55.5 cm³/mol. The lowest BCUT2D eigenvalue weighted by Crippen LogP contribution is -2.13. The summed E-state index contributed by atoms with van der Waals surface area (Å²) in [5.74, 6) is 0.146. The quantitative estimate of drug-likeness (QED) is 0.646. The molecular weight excluding hydrogens is 188 g/mol. The van der Waals surface area contributed by atoms with Crippen molar-refractivity contribution < 1.29 is 4.79 Å². The molecule has 0 radical (unpaired) electrons. The van der Waals surface area contributed by atoms with Crippen molar-refractivity contribution in [3.63, 3.8) is 0 Å². The van der Waals surface area contributed by atoms with Gasteiger partial charge in [0.25, 0.3) is 0 Å². The molecular formula is C12H8N2O. The molecule has 1 aromatic heterocycles. The summed E-state index contributed by atoms with van der Waals surface area (Å²) < 4.78 is 0. The molecule has 3 heteroatoms. The van der Waals surface area contributed by atoms with Crippen molar-refractivity contribution in [2.75, 3.05) is 0 Å². The van der Waals surface area contributed by atoms with Crippen molar-refractivity contribution in [3.05, 3.63) is 47.9 Å². The summed E-state index contributed by atoms with van der Waals surface area (Å²) in [6, 6.07) is 7.58. The van der Waals surface area contributed by atoms with Gasteiger partial charge in [0.05, 0.1) is 5.69 Å². The second-order valence-corrected chi connectivity index (χ2v) is 3.54. The van der Waals surface area contributed by atoms with Crippen LogP contribution in [0.2, 0.25) is 0 Å². The summed E-state index contributed by atoms with van der Waals surface area (Å²) in [7, 11) is 0. The van der Waals surface area contributed by atoms with Gasteiger partial charge in [0.1, 0.15) is 6.33 Å². The van der Waals surface area contributed by atoms with Crippen LogP contribution in [-0.4, -0.2) is 15.8 Å². The fourth-order valence-corrected chi connectivity index (χ4v) is 1.93. The van der Waals surface area contributed by atoms with Crippen molar-refractivity contribution in [3.8, 4) is 11.3 Å². The third-order valence-corrected chi connectivity index (χ3v) is 2.62. The van der Waals surface area contributed by atoms with Crippen LogP contribution >= 0.6 is 0 Å². The zero-order chi connectivity index (χ0) is 10.3. The van der Waals surface area contributed by atoms with Gasteiger partial charge in [0.2, 0.25) is 0 Å². The van der Waals surface area contributed by atoms with E-state index in [0.29, 0.717) is 6.42 Å². The highest BCUT2D eigenvalue weighted by Gasteiger charge is 2.22. The highest BCUT2D eigenvalue weighted by atomic mass is 16.1. The Morgan fingerprint density at radius 1 is 1.13 bits per heavy atom. The van der Waals surface area contributed by atoms with E-state index < -0.39 is 0 Å². The molecule has 0 unspecified atom stereocenters. The normalized spacial score (nSPS) is 13.2. The Hall–Kier alpha value is -2.03. The Morgan fingerprint density at radius 2 is 1.93 bits per heavy atom. The first-order valence-corrected chi connectivity index (χ1v) is 4.78. The van der Waals surface area contributed by atoms with Gasteiger partial charge in [-0.15, -0.1) is 0 Å². The summed E-state index contributed by atoms with van der Waals surface area (Å²) in [6.45, 7) is 0. The van der Waals surface area contributed by atoms with Crippen molar-refractivity contribution in [2.45, 2.75) is 6.42 Å². The van der Waals surface area contributed by atoms with Crippen molar-refractivity contribution in [1.29, 1.82) is 0 Å². The van der Waals surface area contributed by atoms with Gasteiger partial charge in [-0.1, -0.05) is 24.3 Å². The van der Waals surface area contributed by atoms with Gasteiger partial charge in [-0.05, 0) is 0 Å². The summed E-state index contributed by atoms with van der Waals surface area (Å²) in [6.07, 6.45) is 3.65. The second-order valence-electron chi connectivity index (χ2n) is 3.54. The van der Waals surface area contributed by atoms with Crippen molar-refractivity contribution >= 4 is 5.78 Å². The van der Waals surface area contributed by atoms with Crippen LogP contribution in [0.4, 0.5) is 0 Å². The van der Waals surface area contributed by atoms with Gasteiger partial charge in [-0.3, -0.25) is 4.79 Å². The number of Topliss-reactive ketones (excluding diaryl/α,β-unsaturated/α-hetero) is 1. The molecule has 72 valence electrons. The monoisotopic (exact) mass is 196 g/mol. The lowest BCUT2D eigenvalue weighted by molar-refractivity contribution is 0.0991. The van der Waals surface area contributed by atoms with Crippen LogP contribution in [0.1, 0.15) is 15.9 Å². The van der Waals surface area contributed by atoms with Gasteiger partial charge in [0, 0.05) is 29.3 Å². The number of fused-ring (bicyclic) bond motifs is 3. The number of nitrogens with zero attached hydrogens (tertiary/aromatic N) is 2. The van der Waals surface area contributed by atoms with Crippen LogP contribution in [0.15, 0.2) is 36.8 Å². The maximum absolute atomic E-state index is 11.8. The molecule has 0 aliphatic heterocycles. The van der Waals surface area contributed by atoms with Gasteiger partial charge in [0.15, 0.2) is 5.78 Å². The van der Waals surface area contributed by atoms with Gasteiger partial charge >= 0.3 is 0 Å². The largest absolute Gasteiger partial charge is 0.294 e. The average Bonchev–Trinajstić information content (AvgIpc) is 2.30. The molecule has 1 aliphatic rings. The predicted octanol–water partition coefficient (Wildman–Crippen LogP) is 1.88. The molecule has 1 aromatic carbocycles. The number of aromatic nitrogens is 2. The van der Waals surface area contributed by atoms with E-state index in [1.54, 1.807) is 6.20 Å². The number of carbonyl (C=O) groups excluding carboxylic acids is 1. The fraction of sp³-hybridized carbons (Fsp3) is 0.0833. The zero-order valence-corrected chi connectivity index (χ0v) is 7.97. The molecule has 0 amide bonds. The lowest BCUT2D eigenvalue weighted by atomic mass is 9.89. The molecule has 0 saturated heterocycles. The first-order valence-electron chi connectivity index (χ1n) is 4.78. The first kappa shape index (κ1) is 8.29. The summed E-state index contributed by atoms with van der Waals surface area (Å²) in [4.78, 5) is 20.0. The Kier molecular flexibility index (Phi) is 1.65. The third-order valence-electron chi connectivity index (χ3n) is 2.62. The van der Waals surface area contributed by atoms with Crippen LogP contribution in [0.25, 0.3) is 11.3 Å². The SMILES string of the molecule is O=C1Cc2cncnc2-c2ccccc21. The molecule has 0 saturated carbocycles. The summed E-state index contributed by atoms with van der Waals surface area (Å²) in [5.41, 5.74) is 3.50. The average molecular weight is 196 g/mol. The Morgan fingerprint density at radius 3 is 2.80 bits per heavy atom. The van der Waals surface area contributed by atoms with E-state index in [0.717, 1.165) is 22.4 Å². The van der Waals surface area contributed by atoms with Crippen LogP contribution in [0.5, 0.6) is 0 Å². The highest BCUT2D eigenvalue weighted by Crippen LogP contribution is 2.30. The minimum Gasteiger partial charge on any atom is -0.294 e. The summed E-state index contributed by atoms with van der Waals surface area (Å²) >= 11 is 0. The molecule has 3 rings (SSSR count). The smallest absolute Gasteiger partial charge is 0.168 e. The maximum Gasteiger partial charge on any atom is 0.168 e. The van der Waals surface area contributed by atoms with E-state index in [-0.39, 0.29) is 5.78 Å². The maximum atomic E-state index is 11.8. The number of rotatable bonds is 0. The lowest BCUT2D eigenvalue weighted by Gasteiger charge is -2.16. The van der Waals surface area contributed by atoms with E-state index in [2.05, 4.69) is 9.97 Å². The number of hydrogen-bond donors (Lipinski definition) is 0. The van der Waals surface area contributed by atoms with Crippen molar-refractivity contribution in [2.24, 2.45) is 0 Å². The number of carbonyl (C=O) groups is 1. The van der Waals surface area contributed by atoms with E-state index in [1.807, 2.05) is 24.3 Å². The first-order chi connectivity index (χ1) is 7.36. The molecule has 0 bridgehead atoms. The van der Waals surface area contributed by atoms with E-state index in [9.17, 15) is 4.79 Å². The van der Waals surface area contributed by atoms with Crippen LogP contribution in [-0.2, 0) is 6.42 Å². The molecule has 1 heterocycles. The fourth-order valence-electron chi connectivity index (χ4n) is 1.93. The molecule has 0 spiro atoms. The minimum atomic E-state index is 0.146. The molecule has 1 aliphatic carbocycles. The molecule has 2 aromatic rings. The van der Waals surface area contributed by atoms with E-state index >= 15 is 0 Å². The molecule has 3 nitrogen and oxygen atoms in total.